The summed E-state index contributed by atoms with van der Waals surface area (Å²) in [5.74, 6) is 0. The molecule has 0 saturated carbocycles. The van der Waals surface area contributed by atoms with Gasteiger partial charge in [0.1, 0.15) is 6.17 Å². The van der Waals surface area contributed by atoms with Crippen LogP contribution in [0.2, 0.25) is 13.1 Å². The van der Waals surface area contributed by atoms with Crippen molar-refractivity contribution in [3.8, 4) is 0 Å². The number of alkyl halides is 1. The largest absolute Gasteiger partial charge is 0.358 e. The molecule has 0 aliphatic carbocycles. The number of benzene rings is 6. The fourth-order valence-electron chi connectivity index (χ4n) is 7.65. The number of halogens is 1. The van der Waals surface area contributed by atoms with Gasteiger partial charge in [-0.2, -0.15) is 42.5 Å². The van der Waals surface area contributed by atoms with Gasteiger partial charge in [0.15, 0.2) is 0 Å². The SMILES string of the molecule is C[Si]1(C)c2ccc[c-]c2N(c2[c-]c(C(F)c3[c-]c4c(cc3)c3ccccc3n3ccnc43)ccc2)c2cc3sc4ccccc4c3cc21.[Pt]. The van der Waals surface area contributed by atoms with Crippen LogP contribution >= 0.6 is 11.3 Å². The predicted octanol–water partition coefficient (Wildman–Crippen LogP) is 10.1. The molecule has 1 aliphatic heterocycles. The van der Waals surface area contributed by atoms with E-state index in [-0.39, 0.29) is 21.1 Å². The number of para-hydroxylation sites is 2. The van der Waals surface area contributed by atoms with E-state index in [0.717, 1.165) is 44.4 Å². The second-order valence-electron chi connectivity index (χ2n) is 13.1. The van der Waals surface area contributed by atoms with Crippen LogP contribution in [0.25, 0.3) is 47.5 Å². The smallest absolute Gasteiger partial charge is 0.111 e. The summed E-state index contributed by atoms with van der Waals surface area (Å²) in [5, 5.41) is 8.17. The minimum Gasteiger partial charge on any atom is -0.358 e. The molecular formula is C42H27FN3PtSSi-3. The van der Waals surface area contributed by atoms with Gasteiger partial charge in [-0.05, 0) is 28.8 Å². The van der Waals surface area contributed by atoms with Crippen molar-refractivity contribution in [1.29, 1.82) is 0 Å². The van der Waals surface area contributed by atoms with Crippen molar-refractivity contribution in [1.82, 2.24) is 9.38 Å². The van der Waals surface area contributed by atoms with Crippen molar-refractivity contribution in [2.75, 3.05) is 4.90 Å². The van der Waals surface area contributed by atoms with E-state index in [0.29, 0.717) is 11.1 Å². The van der Waals surface area contributed by atoms with Crippen LogP contribution in [0.15, 0.2) is 122 Å². The molecule has 6 aromatic carbocycles. The molecule has 0 N–H and O–H groups in total. The first-order chi connectivity index (χ1) is 23.5. The first kappa shape index (κ1) is 30.4. The van der Waals surface area contributed by atoms with E-state index in [9.17, 15) is 0 Å². The zero-order valence-corrected chi connectivity index (χ0v) is 30.7. The molecule has 9 aromatic rings. The summed E-state index contributed by atoms with van der Waals surface area (Å²) in [6.07, 6.45) is 2.31. The number of hydrogen-bond donors (Lipinski definition) is 0. The average Bonchev–Trinajstić information content (AvgIpc) is 3.76. The van der Waals surface area contributed by atoms with Crippen molar-refractivity contribution in [2.24, 2.45) is 0 Å². The van der Waals surface area contributed by atoms with Crippen LogP contribution in [-0.4, -0.2) is 17.5 Å². The molecule has 0 radical (unpaired) electrons. The van der Waals surface area contributed by atoms with Crippen LogP contribution in [0.3, 0.4) is 0 Å². The van der Waals surface area contributed by atoms with Gasteiger partial charge in [-0.1, -0.05) is 83.3 Å². The van der Waals surface area contributed by atoms with Gasteiger partial charge in [-0.15, -0.1) is 46.4 Å². The zero-order chi connectivity index (χ0) is 32.1. The summed E-state index contributed by atoms with van der Waals surface area (Å²) in [6.45, 7) is 4.84. The van der Waals surface area contributed by atoms with Crippen molar-refractivity contribution in [3.63, 3.8) is 0 Å². The topological polar surface area (TPSA) is 20.5 Å². The third kappa shape index (κ3) is 4.44. The van der Waals surface area contributed by atoms with Crippen LogP contribution in [0.5, 0.6) is 0 Å². The molecule has 0 fully saturated rings. The quantitative estimate of drug-likeness (QED) is 0.100. The molecule has 1 atom stereocenters. The molecular weight excluding hydrogens is 821 g/mol. The summed E-state index contributed by atoms with van der Waals surface area (Å²) in [5.41, 5.74) is 5.72. The van der Waals surface area contributed by atoms with Crippen molar-refractivity contribution in [2.45, 2.75) is 19.3 Å². The van der Waals surface area contributed by atoms with E-state index in [1.807, 2.05) is 66.1 Å². The molecule has 10 rings (SSSR count). The fourth-order valence-corrected chi connectivity index (χ4v) is 11.7. The number of rotatable bonds is 3. The van der Waals surface area contributed by atoms with E-state index in [2.05, 4.69) is 106 Å². The van der Waals surface area contributed by atoms with Gasteiger partial charge in [-0.3, -0.25) is 4.98 Å². The molecule has 1 aliphatic rings. The minimum absolute atomic E-state index is 0. The molecule has 0 spiro atoms. The summed E-state index contributed by atoms with van der Waals surface area (Å²) in [4.78, 5) is 6.87. The maximum atomic E-state index is 16.7. The van der Waals surface area contributed by atoms with Crippen LogP contribution in [0.1, 0.15) is 17.3 Å². The molecule has 240 valence electrons. The second kappa shape index (κ2) is 11.2. The van der Waals surface area contributed by atoms with E-state index in [1.165, 1.54) is 30.5 Å². The normalized spacial score (nSPS) is 14.3. The van der Waals surface area contributed by atoms with E-state index in [4.69, 9.17) is 0 Å². The molecule has 4 heterocycles. The fraction of sp³-hybridized carbons (Fsp3) is 0.0714. The Labute approximate surface area is 302 Å². The maximum absolute atomic E-state index is 16.7. The Hall–Kier alpha value is -4.61. The summed E-state index contributed by atoms with van der Waals surface area (Å²) < 4.78 is 21.3. The van der Waals surface area contributed by atoms with E-state index < -0.39 is 14.2 Å². The molecule has 7 heteroatoms. The molecule has 0 amide bonds. The van der Waals surface area contributed by atoms with Gasteiger partial charge in [-0.25, -0.2) is 4.39 Å². The number of nitrogens with zero attached hydrogens (tertiary/aromatic N) is 3. The monoisotopic (exact) mass is 847 g/mol. The van der Waals surface area contributed by atoms with Crippen LogP contribution in [0.4, 0.5) is 21.5 Å². The number of anilines is 3. The first-order valence-corrected chi connectivity index (χ1v) is 19.9. The maximum Gasteiger partial charge on any atom is 0.111 e. The van der Waals surface area contributed by atoms with Crippen LogP contribution < -0.4 is 15.3 Å². The Morgan fingerprint density at radius 1 is 0.755 bits per heavy atom. The average molecular weight is 848 g/mol. The van der Waals surface area contributed by atoms with Crippen LogP contribution in [-0.2, 0) is 21.1 Å². The van der Waals surface area contributed by atoms with Crippen LogP contribution in [0, 0.1) is 18.2 Å². The number of hydrogen-bond acceptors (Lipinski definition) is 3. The molecule has 3 nitrogen and oxygen atoms in total. The predicted molar refractivity (Wildman–Crippen MR) is 200 cm³/mol. The van der Waals surface area contributed by atoms with Gasteiger partial charge >= 0.3 is 0 Å². The van der Waals surface area contributed by atoms with Gasteiger partial charge in [0.2, 0.25) is 0 Å². The Balaban J connectivity index is 0.00000325. The molecule has 3 aromatic heterocycles. The third-order valence-corrected chi connectivity index (χ3v) is 14.6. The molecule has 1 unspecified atom stereocenters. The van der Waals surface area contributed by atoms with E-state index in [1.54, 1.807) is 6.20 Å². The van der Waals surface area contributed by atoms with Crippen molar-refractivity contribution >= 4 is 94.3 Å². The van der Waals surface area contributed by atoms with Crippen molar-refractivity contribution in [3.05, 3.63) is 151 Å². The summed E-state index contributed by atoms with van der Waals surface area (Å²) in [7, 11) is -2.10. The van der Waals surface area contributed by atoms with Gasteiger partial charge in [0, 0.05) is 64.8 Å². The number of pyridine rings is 1. The Morgan fingerprint density at radius 3 is 2.47 bits per heavy atom. The second-order valence-corrected chi connectivity index (χ2v) is 18.5. The minimum atomic E-state index is -2.10. The van der Waals surface area contributed by atoms with E-state index >= 15 is 4.39 Å². The van der Waals surface area contributed by atoms with Gasteiger partial charge < -0.3 is 9.30 Å². The third-order valence-electron chi connectivity index (χ3n) is 10.0. The summed E-state index contributed by atoms with van der Waals surface area (Å²) >= 11 is 1.82. The standard InChI is InChI=1S/C42H27FN3SSi.Pt/c1-48(2)39-17-8-6-15-35(39)46(36-25-38-32(24-40(36)48)31-13-4-7-16-37(31)47-38)28-11-9-10-26(22-28)41(43)27-18-19-29-30-12-3-5-14-34(30)45-21-20-44-42(45)33(29)23-27;/h3-14,16-21,24-25,41H,1-2H3;/q-3;. The molecule has 0 saturated heterocycles. The van der Waals surface area contributed by atoms with Crippen molar-refractivity contribution < 1.29 is 25.5 Å². The number of aromatic nitrogens is 2. The molecule has 0 bridgehead atoms. The number of thiophene rings is 1. The first-order valence-electron chi connectivity index (χ1n) is 16.1. The molecule has 49 heavy (non-hydrogen) atoms. The van der Waals surface area contributed by atoms with Gasteiger partial charge in [0.05, 0.1) is 13.7 Å². The Bertz CT molecular complexity index is 2770. The summed E-state index contributed by atoms with van der Waals surface area (Å²) in [6, 6.07) is 48.1. The Morgan fingerprint density at radius 2 is 1.57 bits per heavy atom. The number of imidazole rings is 1. The van der Waals surface area contributed by atoms with Gasteiger partial charge in [0.25, 0.3) is 0 Å². The number of fused-ring (bicyclic) bond motifs is 11. The zero-order valence-electron chi connectivity index (χ0n) is 26.6. The Kier molecular flexibility index (Phi) is 6.96.